The first-order valence-corrected chi connectivity index (χ1v) is 5.60. The van der Waals surface area contributed by atoms with Crippen LogP contribution in [0.5, 0.6) is 5.75 Å². The van der Waals surface area contributed by atoms with Crippen molar-refractivity contribution in [1.29, 1.82) is 0 Å². The molecule has 2 rings (SSSR count). The number of aromatic nitrogens is 2. The zero-order valence-corrected chi connectivity index (χ0v) is 10.6. The van der Waals surface area contributed by atoms with Gasteiger partial charge in [0.1, 0.15) is 18.2 Å². The van der Waals surface area contributed by atoms with Gasteiger partial charge in [-0.3, -0.25) is 4.68 Å². The number of hydrazine groups is 1. The summed E-state index contributed by atoms with van der Waals surface area (Å²) in [6.45, 7) is 1.82. The first-order chi connectivity index (χ1) is 9.02. The van der Waals surface area contributed by atoms with Crippen LogP contribution in [0.4, 0.5) is 14.6 Å². The summed E-state index contributed by atoms with van der Waals surface area (Å²) >= 11 is 0. The highest BCUT2D eigenvalue weighted by Gasteiger charge is 2.14. The third-order valence-corrected chi connectivity index (χ3v) is 2.75. The van der Waals surface area contributed by atoms with Crippen molar-refractivity contribution in [1.82, 2.24) is 9.78 Å². The molecule has 5 nitrogen and oxygen atoms in total. The molecule has 0 amide bonds. The van der Waals surface area contributed by atoms with Crippen LogP contribution >= 0.6 is 0 Å². The molecule has 0 saturated heterocycles. The molecule has 0 atom stereocenters. The van der Waals surface area contributed by atoms with Gasteiger partial charge in [-0.2, -0.15) is 5.10 Å². The van der Waals surface area contributed by atoms with E-state index in [9.17, 15) is 8.78 Å². The number of hydrogen-bond acceptors (Lipinski definition) is 4. The fraction of sp³-hybridized carbons (Fsp3) is 0.250. The van der Waals surface area contributed by atoms with Crippen molar-refractivity contribution in [2.24, 2.45) is 12.9 Å². The van der Waals surface area contributed by atoms with E-state index in [-0.39, 0.29) is 12.4 Å². The minimum absolute atomic E-state index is 0.0412. The first-order valence-electron chi connectivity index (χ1n) is 5.60. The molecule has 1 aromatic heterocycles. The van der Waals surface area contributed by atoms with Gasteiger partial charge in [0.25, 0.3) is 0 Å². The second-order valence-electron chi connectivity index (χ2n) is 4.04. The molecule has 0 aliphatic heterocycles. The Morgan fingerprint density at radius 2 is 2.16 bits per heavy atom. The van der Waals surface area contributed by atoms with Gasteiger partial charge in [0.05, 0.1) is 11.3 Å². The Kier molecular flexibility index (Phi) is 3.66. The molecule has 0 fully saturated rings. The molecule has 0 spiro atoms. The Bertz CT molecular complexity index is 598. The predicted octanol–water partition coefficient (Wildman–Crippen LogP) is 1.87. The molecular formula is C12H14F2N4O. The molecule has 1 aromatic carbocycles. The summed E-state index contributed by atoms with van der Waals surface area (Å²) in [7, 11) is 1.72. The number of hydrogen-bond donors (Lipinski definition) is 2. The lowest BCUT2D eigenvalue weighted by molar-refractivity contribution is 0.288. The zero-order chi connectivity index (χ0) is 14.0. The van der Waals surface area contributed by atoms with Gasteiger partial charge in [-0.25, -0.2) is 14.6 Å². The number of aryl methyl sites for hydroxylation is 2. The fourth-order valence-corrected chi connectivity index (χ4v) is 1.79. The largest absolute Gasteiger partial charge is 0.486 e. The molecule has 0 bridgehead atoms. The molecule has 0 unspecified atom stereocenters. The topological polar surface area (TPSA) is 65.1 Å². The summed E-state index contributed by atoms with van der Waals surface area (Å²) in [4.78, 5) is 0. The highest BCUT2D eigenvalue weighted by molar-refractivity contribution is 5.46. The van der Waals surface area contributed by atoms with Gasteiger partial charge < -0.3 is 10.2 Å². The number of ether oxygens (including phenoxy) is 1. The Labute approximate surface area is 108 Å². The van der Waals surface area contributed by atoms with E-state index in [0.717, 1.165) is 18.2 Å². The van der Waals surface area contributed by atoms with Crippen LogP contribution in [0.25, 0.3) is 0 Å². The SMILES string of the molecule is Cc1nn(C)c(NN)c1COc1cc(F)ccc1F. The third-order valence-electron chi connectivity index (χ3n) is 2.75. The summed E-state index contributed by atoms with van der Waals surface area (Å²) in [5.74, 6) is 4.63. The van der Waals surface area contributed by atoms with Crippen LogP contribution in [-0.2, 0) is 13.7 Å². The maximum Gasteiger partial charge on any atom is 0.165 e. The van der Waals surface area contributed by atoms with Crippen molar-refractivity contribution in [3.63, 3.8) is 0 Å². The minimum Gasteiger partial charge on any atom is -0.486 e. The quantitative estimate of drug-likeness (QED) is 0.656. The molecule has 3 N–H and O–H groups in total. The van der Waals surface area contributed by atoms with Crippen LogP contribution in [0.2, 0.25) is 0 Å². The summed E-state index contributed by atoms with van der Waals surface area (Å²) in [5, 5.41) is 4.16. The van der Waals surface area contributed by atoms with Gasteiger partial charge in [0.15, 0.2) is 11.6 Å². The molecule has 1 heterocycles. The summed E-state index contributed by atoms with van der Waals surface area (Å²) in [6, 6.07) is 3.05. The maximum atomic E-state index is 13.4. The number of benzene rings is 1. The van der Waals surface area contributed by atoms with Crippen LogP contribution in [0.3, 0.4) is 0 Å². The maximum absolute atomic E-state index is 13.4. The normalized spacial score (nSPS) is 10.6. The van der Waals surface area contributed by atoms with Crippen LogP contribution in [-0.4, -0.2) is 9.78 Å². The number of nitrogens with two attached hydrogens (primary N) is 1. The van der Waals surface area contributed by atoms with Crippen molar-refractivity contribution >= 4 is 5.82 Å². The predicted molar refractivity (Wildman–Crippen MR) is 66.4 cm³/mol. The second-order valence-corrected chi connectivity index (χ2v) is 4.04. The number of nitrogens with zero attached hydrogens (tertiary/aromatic N) is 2. The molecule has 0 radical (unpaired) electrons. The summed E-state index contributed by atoms with van der Waals surface area (Å²) < 4.78 is 33.2. The molecule has 0 aliphatic rings. The monoisotopic (exact) mass is 268 g/mol. The Balaban J connectivity index is 2.21. The van der Waals surface area contributed by atoms with Gasteiger partial charge in [-0.1, -0.05) is 0 Å². The number of halogens is 2. The van der Waals surface area contributed by atoms with E-state index >= 15 is 0 Å². The molecule has 19 heavy (non-hydrogen) atoms. The van der Waals surface area contributed by atoms with E-state index in [4.69, 9.17) is 10.6 Å². The minimum atomic E-state index is -0.620. The van der Waals surface area contributed by atoms with E-state index in [2.05, 4.69) is 10.5 Å². The smallest absolute Gasteiger partial charge is 0.165 e. The number of nitrogens with one attached hydrogen (secondary N) is 1. The van der Waals surface area contributed by atoms with Crippen molar-refractivity contribution in [2.75, 3.05) is 5.43 Å². The van der Waals surface area contributed by atoms with Gasteiger partial charge in [0, 0.05) is 13.1 Å². The Morgan fingerprint density at radius 3 is 2.84 bits per heavy atom. The third kappa shape index (κ3) is 2.65. The standard InChI is InChI=1S/C12H14F2N4O/c1-7-9(12(16-15)18(2)17-7)6-19-11-5-8(13)3-4-10(11)14/h3-5,16H,6,15H2,1-2H3. The highest BCUT2D eigenvalue weighted by Crippen LogP contribution is 2.23. The second kappa shape index (κ2) is 5.23. The van der Waals surface area contributed by atoms with Crippen LogP contribution in [0.1, 0.15) is 11.3 Å². The van der Waals surface area contributed by atoms with Gasteiger partial charge in [-0.05, 0) is 19.1 Å². The number of nitrogen functional groups attached to an aromatic ring is 1. The van der Waals surface area contributed by atoms with Crippen molar-refractivity contribution < 1.29 is 13.5 Å². The lowest BCUT2D eigenvalue weighted by Crippen LogP contribution is -2.13. The fourth-order valence-electron chi connectivity index (χ4n) is 1.79. The molecular weight excluding hydrogens is 254 g/mol. The van der Waals surface area contributed by atoms with Gasteiger partial charge >= 0.3 is 0 Å². The zero-order valence-electron chi connectivity index (χ0n) is 10.6. The highest BCUT2D eigenvalue weighted by atomic mass is 19.1. The van der Waals surface area contributed by atoms with E-state index in [1.54, 1.807) is 18.7 Å². The van der Waals surface area contributed by atoms with E-state index in [1.165, 1.54) is 0 Å². The summed E-state index contributed by atoms with van der Waals surface area (Å²) in [5.41, 5.74) is 3.89. The average molecular weight is 268 g/mol. The molecule has 7 heteroatoms. The van der Waals surface area contributed by atoms with Crippen LogP contribution in [0, 0.1) is 18.6 Å². The lowest BCUT2D eigenvalue weighted by atomic mass is 10.2. The molecule has 0 aliphatic carbocycles. The molecule has 102 valence electrons. The molecule has 2 aromatic rings. The van der Waals surface area contributed by atoms with Crippen LogP contribution < -0.4 is 16.0 Å². The van der Waals surface area contributed by atoms with Gasteiger partial charge in [-0.15, -0.1) is 0 Å². The van der Waals surface area contributed by atoms with Crippen molar-refractivity contribution in [2.45, 2.75) is 13.5 Å². The summed E-state index contributed by atoms with van der Waals surface area (Å²) in [6.07, 6.45) is 0. The Hall–Kier alpha value is -2.15. The van der Waals surface area contributed by atoms with Gasteiger partial charge in [0.2, 0.25) is 0 Å². The average Bonchev–Trinajstić information content (AvgIpc) is 2.64. The van der Waals surface area contributed by atoms with Crippen molar-refractivity contribution in [3.05, 3.63) is 41.1 Å². The van der Waals surface area contributed by atoms with E-state index < -0.39 is 11.6 Å². The lowest BCUT2D eigenvalue weighted by Gasteiger charge is -2.09. The van der Waals surface area contributed by atoms with Crippen LogP contribution in [0.15, 0.2) is 18.2 Å². The van der Waals surface area contributed by atoms with Crippen molar-refractivity contribution in [3.8, 4) is 5.75 Å². The van der Waals surface area contributed by atoms with E-state index in [0.29, 0.717) is 17.1 Å². The number of rotatable bonds is 4. The molecule has 0 saturated carbocycles. The number of anilines is 1. The first kappa shape index (κ1) is 13.3. The Morgan fingerprint density at radius 1 is 1.42 bits per heavy atom. The van der Waals surface area contributed by atoms with E-state index in [1.807, 2.05) is 0 Å².